The molecular weight excluding hydrogens is 212 g/mol. The number of carbonyl (C=O) groups is 1. The lowest BCUT2D eigenvalue weighted by Crippen LogP contribution is -2.48. The largest absolute Gasteiger partial charge is 0.342 e. The summed E-state index contributed by atoms with van der Waals surface area (Å²) in [5, 5.41) is 8.55. The van der Waals surface area contributed by atoms with Crippen molar-refractivity contribution in [1.29, 1.82) is 5.26 Å². The predicted octanol–water partition coefficient (Wildman–Crippen LogP) is 2.96. The van der Waals surface area contributed by atoms with Gasteiger partial charge < -0.3 is 4.90 Å². The van der Waals surface area contributed by atoms with Crippen LogP contribution in [0.25, 0.3) is 0 Å². The van der Waals surface area contributed by atoms with E-state index in [0.29, 0.717) is 5.41 Å². The minimum atomic E-state index is -0.00823. The number of hydrogen-bond acceptors (Lipinski definition) is 2. The minimum Gasteiger partial charge on any atom is -0.342 e. The summed E-state index contributed by atoms with van der Waals surface area (Å²) in [7, 11) is 0. The van der Waals surface area contributed by atoms with Gasteiger partial charge in [-0.15, -0.1) is 0 Å². The van der Waals surface area contributed by atoms with Crippen LogP contribution in [0.4, 0.5) is 0 Å². The number of nitrogens with zero attached hydrogens (tertiary/aromatic N) is 2. The molecule has 0 spiro atoms. The number of carbonyl (C=O) groups excluding carboxylic acids is 1. The van der Waals surface area contributed by atoms with Gasteiger partial charge in [0.15, 0.2) is 0 Å². The molecule has 1 heterocycles. The Morgan fingerprint density at radius 3 is 2.24 bits per heavy atom. The van der Waals surface area contributed by atoms with Crippen molar-refractivity contribution in [2.75, 3.05) is 13.1 Å². The lowest BCUT2D eigenvalue weighted by molar-refractivity contribution is -0.134. The summed E-state index contributed by atoms with van der Waals surface area (Å²) >= 11 is 0. The molecule has 96 valence electrons. The molecule has 0 aromatic carbocycles. The SMILES string of the molecule is CCC1(C(C)(C)C)CCN(C(=O)CC#N)CC1. The van der Waals surface area contributed by atoms with E-state index in [1.807, 2.05) is 11.0 Å². The molecule has 0 aromatic rings. The molecule has 1 amide bonds. The Labute approximate surface area is 105 Å². The summed E-state index contributed by atoms with van der Waals surface area (Å²) in [5.41, 5.74) is 0.628. The number of amides is 1. The molecule has 1 fully saturated rings. The molecule has 1 aliphatic rings. The van der Waals surface area contributed by atoms with Crippen LogP contribution in [0.3, 0.4) is 0 Å². The lowest BCUT2D eigenvalue weighted by atomic mass is 9.60. The normalized spacial score (nSPS) is 19.8. The van der Waals surface area contributed by atoms with Gasteiger partial charge in [-0.05, 0) is 30.1 Å². The number of hydrogen-bond donors (Lipinski definition) is 0. The first-order valence-corrected chi connectivity index (χ1v) is 6.51. The summed E-state index contributed by atoms with van der Waals surface area (Å²) in [5.74, 6) is -0.00823. The summed E-state index contributed by atoms with van der Waals surface area (Å²) in [6, 6.07) is 1.94. The summed E-state index contributed by atoms with van der Waals surface area (Å²) < 4.78 is 0. The third-order valence-electron chi connectivity index (χ3n) is 4.57. The van der Waals surface area contributed by atoms with Crippen LogP contribution in [0.2, 0.25) is 0 Å². The highest BCUT2D eigenvalue weighted by molar-refractivity contribution is 5.78. The third kappa shape index (κ3) is 2.80. The average molecular weight is 236 g/mol. The molecule has 0 aliphatic carbocycles. The quantitative estimate of drug-likeness (QED) is 0.740. The Balaban J connectivity index is 2.67. The molecule has 0 saturated carbocycles. The zero-order chi connectivity index (χ0) is 13.1. The molecule has 3 heteroatoms. The van der Waals surface area contributed by atoms with Crippen LogP contribution in [0.1, 0.15) is 53.4 Å². The van der Waals surface area contributed by atoms with Crippen LogP contribution in [-0.4, -0.2) is 23.9 Å². The maximum Gasteiger partial charge on any atom is 0.236 e. The van der Waals surface area contributed by atoms with Crippen LogP contribution in [0.5, 0.6) is 0 Å². The first-order valence-electron chi connectivity index (χ1n) is 6.51. The molecule has 1 aliphatic heterocycles. The molecule has 0 atom stereocenters. The van der Waals surface area contributed by atoms with Crippen molar-refractivity contribution in [2.24, 2.45) is 10.8 Å². The van der Waals surface area contributed by atoms with E-state index in [-0.39, 0.29) is 17.7 Å². The van der Waals surface area contributed by atoms with Crippen LogP contribution >= 0.6 is 0 Å². The Bertz CT molecular complexity index is 314. The van der Waals surface area contributed by atoms with Gasteiger partial charge in [-0.3, -0.25) is 4.79 Å². The zero-order valence-corrected chi connectivity index (χ0v) is 11.5. The second kappa shape index (κ2) is 5.08. The van der Waals surface area contributed by atoms with Gasteiger partial charge in [-0.1, -0.05) is 27.7 Å². The van der Waals surface area contributed by atoms with Gasteiger partial charge in [-0.2, -0.15) is 5.26 Å². The number of likely N-dealkylation sites (tertiary alicyclic amines) is 1. The summed E-state index contributed by atoms with van der Waals surface area (Å²) in [6.07, 6.45) is 3.31. The van der Waals surface area contributed by atoms with Gasteiger partial charge in [0.25, 0.3) is 0 Å². The summed E-state index contributed by atoms with van der Waals surface area (Å²) in [4.78, 5) is 13.5. The third-order valence-corrected chi connectivity index (χ3v) is 4.57. The van der Waals surface area contributed by atoms with E-state index < -0.39 is 0 Å². The second-order valence-corrected chi connectivity index (χ2v) is 6.10. The van der Waals surface area contributed by atoms with Crippen LogP contribution < -0.4 is 0 Å². The molecule has 0 unspecified atom stereocenters. The number of piperidine rings is 1. The smallest absolute Gasteiger partial charge is 0.236 e. The Hall–Kier alpha value is -1.04. The van der Waals surface area contributed by atoms with Gasteiger partial charge >= 0.3 is 0 Å². The van der Waals surface area contributed by atoms with Crippen molar-refractivity contribution in [3.8, 4) is 6.07 Å². The fourth-order valence-corrected chi connectivity index (χ4v) is 3.00. The second-order valence-electron chi connectivity index (χ2n) is 6.10. The van der Waals surface area contributed by atoms with Crippen molar-refractivity contribution >= 4 is 5.91 Å². The Morgan fingerprint density at radius 2 is 1.88 bits per heavy atom. The molecule has 0 bridgehead atoms. The van der Waals surface area contributed by atoms with Crippen molar-refractivity contribution in [3.63, 3.8) is 0 Å². The molecule has 0 N–H and O–H groups in total. The van der Waals surface area contributed by atoms with E-state index in [4.69, 9.17) is 5.26 Å². The fraction of sp³-hybridized carbons (Fsp3) is 0.857. The molecule has 0 radical (unpaired) electrons. The monoisotopic (exact) mass is 236 g/mol. The first-order chi connectivity index (χ1) is 7.86. The van der Waals surface area contributed by atoms with Gasteiger partial charge in [0, 0.05) is 13.1 Å². The van der Waals surface area contributed by atoms with Crippen molar-refractivity contribution in [1.82, 2.24) is 4.90 Å². The van der Waals surface area contributed by atoms with E-state index in [1.54, 1.807) is 0 Å². The fourth-order valence-electron chi connectivity index (χ4n) is 3.00. The molecule has 3 nitrogen and oxygen atoms in total. The number of rotatable bonds is 2. The predicted molar refractivity (Wildman–Crippen MR) is 68.2 cm³/mol. The maximum absolute atomic E-state index is 11.7. The van der Waals surface area contributed by atoms with Crippen LogP contribution in [0.15, 0.2) is 0 Å². The van der Waals surface area contributed by atoms with Gasteiger partial charge in [0.05, 0.1) is 6.07 Å². The molecule has 1 saturated heterocycles. The maximum atomic E-state index is 11.7. The minimum absolute atomic E-state index is 0.00823. The van der Waals surface area contributed by atoms with E-state index in [2.05, 4.69) is 27.7 Å². The van der Waals surface area contributed by atoms with Crippen molar-refractivity contribution in [3.05, 3.63) is 0 Å². The first kappa shape index (κ1) is 14.0. The van der Waals surface area contributed by atoms with Gasteiger partial charge in [-0.25, -0.2) is 0 Å². The van der Waals surface area contributed by atoms with Crippen LogP contribution in [-0.2, 0) is 4.79 Å². The average Bonchev–Trinajstić information content (AvgIpc) is 2.28. The van der Waals surface area contributed by atoms with E-state index in [9.17, 15) is 4.79 Å². The molecular formula is C14H24N2O. The van der Waals surface area contributed by atoms with E-state index in [1.165, 1.54) is 0 Å². The zero-order valence-electron chi connectivity index (χ0n) is 11.5. The van der Waals surface area contributed by atoms with Crippen LogP contribution in [0, 0.1) is 22.2 Å². The Morgan fingerprint density at radius 1 is 1.35 bits per heavy atom. The molecule has 0 aromatic heterocycles. The highest BCUT2D eigenvalue weighted by Gasteiger charge is 2.42. The Kier molecular flexibility index (Phi) is 4.19. The topological polar surface area (TPSA) is 44.1 Å². The lowest BCUT2D eigenvalue weighted by Gasteiger charge is -2.49. The molecule has 17 heavy (non-hydrogen) atoms. The summed E-state index contributed by atoms with van der Waals surface area (Å²) in [6.45, 7) is 10.8. The molecule has 1 rings (SSSR count). The van der Waals surface area contributed by atoms with Gasteiger partial charge in [0.1, 0.15) is 6.42 Å². The number of nitriles is 1. The van der Waals surface area contributed by atoms with Crippen molar-refractivity contribution in [2.45, 2.75) is 53.4 Å². The van der Waals surface area contributed by atoms with Crippen molar-refractivity contribution < 1.29 is 4.79 Å². The van der Waals surface area contributed by atoms with E-state index >= 15 is 0 Å². The van der Waals surface area contributed by atoms with E-state index in [0.717, 1.165) is 32.4 Å². The standard InChI is InChI=1S/C14H24N2O/c1-5-14(13(2,3)4)7-10-16(11-8-14)12(17)6-9-15/h5-8,10-11H2,1-4H3. The van der Waals surface area contributed by atoms with Gasteiger partial charge in [0.2, 0.25) is 5.91 Å². The highest BCUT2D eigenvalue weighted by atomic mass is 16.2. The highest BCUT2D eigenvalue weighted by Crippen LogP contribution is 2.49.